The largest absolute Gasteiger partial charge is 0.482 e. The van der Waals surface area contributed by atoms with Crippen LogP contribution in [0.15, 0.2) is 78.9 Å². The first-order valence-corrected chi connectivity index (χ1v) is 10.7. The SMILES string of the molecule is CC(OC(=O)COc1ccccc1Cc1ccccc1)C(=O)N1CC(=O)Nc2ccccc21. The molecule has 0 radical (unpaired) electrons. The number of nitrogens with one attached hydrogen (secondary N) is 1. The van der Waals surface area contributed by atoms with Crippen molar-refractivity contribution in [1.82, 2.24) is 0 Å². The van der Waals surface area contributed by atoms with E-state index in [9.17, 15) is 14.4 Å². The van der Waals surface area contributed by atoms with Crippen molar-refractivity contribution in [2.24, 2.45) is 0 Å². The maximum absolute atomic E-state index is 12.9. The lowest BCUT2D eigenvalue weighted by atomic mass is 10.0. The predicted molar refractivity (Wildman–Crippen MR) is 124 cm³/mol. The molecule has 2 amide bonds. The van der Waals surface area contributed by atoms with E-state index in [4.69, 9.17) is 9.47 Å². The zero-order chi connectivity index (χ0) is 23.2. The van der Waals surface area contributed by atoms with Crippen molar-refractivity contribution in [2.75, 3.05) is 23.4 Å². The van der Waals surface area contributed by atoms with Crippen molar-refractivity contribution in [3.63, 3.8) is 0 Å². The van der Waals surface area contributed by atoms with Crippen LogP contribution in [0.25, 0.3) is 0 Å². The van der Waals surface area contributed by atoms with Gasteiger partial charge in [-0.1, -0.05) is 60.7 Å². The van der Waals surface area contributed by atoms with Crippen molar-refractivity contribution < 1.29 is 23.9 Å². The number of rotatable bonds is 7. The number of nitrogens with zero attached hydrogens (tertiary/aromatic N) is 1. The molecule has 7 heteroatoms. The maximum Gasteiger partial charge on any atom is 0.344 e. The highest BCUT2D eigenvalue weighted by Crippen LogP contribution is 2.29. The summed E-state index contributed by atoms with van der Waals surface area (Å²) < 4.78 is 11.0. The average Bonchev–Trinajstić information content (AvgIpc) is 2.83. The number of anilines is 2. The van der Waals surface area contributed by atoms with E-state index in [1.54, 1.807) is 30.3 Å². The van der Waals surface area contributed by atoms with Crippen LogP contribution in [-0.4, -0.2) is 37.0 Å². The third kappa shape index (κ3) is 5.38. The summed E-state index contributed by atoms with van der Waals surface area (Å²) in [7, 11) is 0. The number of para-hydroxylation sites is 3. The van der Waals surface area contributed by atoms with Gasteiger partial charge in [0.25, 0.3) is 5.91 Å². The molecule has 0 spiro atoms. The second-order valence-corrected chi connectivity index (χ2v) is 7.68. The lowest BCUT2D eigenvalue weighted by molar-refractivity contribution is -0.155. The van der Waals surface area contributed by atoms with E-state index in [0.29, 0.717) is 23.5 Å². The molecule has 1 heterocycles. The van der Waals surface area contributed by atoms with Gasteiger partial charge in [0.1, 0.15) is 12.3 Å². The average molecular weight is 444 g/mol. The minimum atomic E-state index is -1.07. The molecule has 0 fully saturated rings. The van der Waals surface area contributed by atoms with Crippen LogP contribution in [0.2, 0.25) is 0 Å². The van der Waals surface area contributed by atoms with Gasteiger partial charge in [-0.3, -0.25) is 14.5 Å². The Bertz CT molecular complexity index is 1160. The number of benzene rings is 3. The number of carbonyl (C=O) groups is 3. The molecule has 3 aromatic rings. The molecule has 0 saturated heterocycles. The maximum atomic E-state index is 12.9. The number of hydrogen-bond donors (Lipinski definition) is 1. The van der Waals surface area contributed by atoms with Crippen LogP contribution in [0.4, 0.5) is 11.4 Å². The number of esters is 1. The van der Waals surface area contributed by atoms with Gasteiger partial charge in [0.15, 0.2) is 12.7 Å². The van der Waals surface area contributed by atoms with E-state index < -0.39 is 18.0 Å². The molecule has 4 rings (SSSR count). The zero-order valence-electron chi connectivity index (χ0n) is 18.2. The van der Waals surface area contributed by atoms with Crippen LogP contribution < -0.4 is 15.0 Å². The Kier molecular flexibility index (Phi) is 6.69. The molecule has 1 atom stereocenters. The number of hydrogen-bond acceptors (Lipinski definition) is 5. The summed E-state index contributed by atoms with van der Waals surface area (Å²) in [4.78, 5) is 38.6. The molecule has 7 nitrogen and oxygen atoms in total. The topological polar surface area (TPSA) is 84.9 Å². The first-order chi connectivity index (χ1) is 16.0. The zero-order valence-corrected chi connectivity index (χ0v) is 18.2. The summed E-state index contributed by atoms with van der Waals surface area (Å²) in [6.07, 6.45) is -0.406. The van der Waals surface area contributed by atoms with Gasteiger partial charge in [0.2, 0.25) is 5.91 Å². The third-order valence-corrected chi connectivity index (χ3v) is 5.25. The minimum Gasteiger partial charge on any atom is -0.482 e. The highest BCUT2D eigenvalue weighted by atomic mass is 16.6. The van der Waals surface area contributed by atoms with Gasteiger partial charge in [-0.2, -0.15) is 0 Å². The Hall–Kier alpha value is -4.13. The highest BCUT2D eigenvalue weighted by Gasteiger charge is 2.31. The van der Waals surface area contributed by atoms with Crippen molar-refractivity contribution in [3.05, 3.63) is 90.0 Å². The molecule has 168 valence electrons. The standard InChI is InChI=1S/C26H24N2O5/c1-18(26(31)28-16-24(29)27-21-12-6-7-13-22(21)28)33-25(30)17-32-23-14-8-5-11-20(23)15-19-9-3-2-4-10-19/h2-14,18H,15-17H2,1H3,(H,27,29). The Balaban J connectivity index is 1.36. The fraction of sp³-hybridized carbons (Fsp3) is 0.192. The van der Waals surface area contributed by atoms with Gasteiger partial charge in [-0.05, 0) is 36.2 Å². The smallest absolute Gasteiger partial charge is 0.344 e. The molecule has 0 saturated carbocycles. The van der Waals surface area contributed by atoms with E-state index in [2.05, 4.69) is 5.32 Å². The summed E-state index contributed by atoms with van der Waals surface area (Å²) in [6.45, 7) is 1.01. The normalized spacial score (nSPS) is 13.5. The molecular weight excluding hydrogens is 420 g/mol. The summed E-state index contributed by atoms with van der Waals surface area (Å²) in [6, 6.07) is 24.4. The Labute approximate surface area is 191 Å². The summed E-state index contributed by atoms with van der Waals surface area (Å²) >= 11 is 0. The van der Waals surface area contributed by atoms with E-state index in [1.807, 2.05) is 48.5 Å². The first-order valence-electron chi connectivity index (χ1n) is 10.7. The number of ether oxygens (including phenoxy) is 2. The summed E-state index contributed by atoms with van der Waals surface area (Å²) in [5, 5.41) is 2.72. The van der Waals surface area contributed by atoms with Crippen LogP contribution in [0.1, 0.15) is 18.1 Å². The van der Waals surface area contributed by atoms with E-state index in [-0.39, 0.29) is 19.1 Å². The second-order valence-electron chi connectivity index (χ2n) is 7.68. The summed E-state index contributed by atoms with van der Waals surface area (Å²) in [5.74, 6) is -0.868. The monoisotopic (exact) mass is 444 g/mol. The number of fused-ring (bicyclic) bond motifs is 1. The van der Waals surface area contributed by atoms with Crippen molar-refractivity contribution in [1.29, 1.82) is 0 Å². The Morgan fingerprint density at radius 2 is 1.67 bits per heavy atom. The van der Waals surface area contributed by atoms with E-state index in [0.717, 1.165) is 11.1 Å². The molecule has 1 N–H and O–H groups in total. The molecule has 3 aromatic carbocycles. The van der Waals surface area contributed by atoms with Crippen LogP contribution in [0, 0.1) is 0 Å². The Morgan fingerprint density at radius 1 is 0.970 bits per heavy atom. The van der Waals surface area contributed by atoms with E-state index in [1.165, 1.54) is 11.8 Å². The fourth-order valence-corrected chi connectivity index (χ4v) is 3.67. The Morgan fingerprint density at radius 3 is 2.48 bits per heavy atom. The van der Waals surface area contributed by atoms with Crippen molar-refractivity contribution >= 4 is 29.2 Å². The van der Waals surface area contributed by atoms with Crippen LogP contribution >= 0.6 is 0 Å². The molecule has 33 heavy (non-hydrogen) atoms. The van der Waals surface area contributed by atoms with Crippen molar-refractivity contribution in [2.45, 2.75) is 19.4 Å². The van der Waals surface area contributed by atoms with Gasteiger partial charge in [-0.25, -0.2) is 4.79 Å². The molecule has 1 aliphatic heterocycles. The fourth-order valence-electron chi connectivity index (χ4n) is 3.67. The highest BCUT2D eigenvalue weighted by molar-refractivity contribution is 6.11. The van der Waals surface area contributed by atoms with E-state index >= 15 is 0 Å². The molecule has 0 aliphatic carbocycles. The third-order valence-electron chi connectivity index (χ3n) is 5.25. The van der Waals surface area contributed by atoms with Gasteiger partial charge < -0.3 is 14.8 Å². The molecule has 0 aromatic heterocycles. The summed E-state index contributed by atoms with van der Waals surface area (Å²) in [5.41, 5.74) is 3.17. The van der Waals surface area contributed by atoms with Gasteiger partial charge in [0.05, 0.1) is 11.4 Å². The quantitative estimate of drug-likeness (QED) is 0.563. The number of carbonyl (C=O) groups excluding carboxylic acids is 3. The van der Waals surface area contributed by atoms with Gasteiger partial charge in [-0.15, -0.1) is 0 Å². The lowest BCUT2D eigenvalue weighted by Crippen LogP contribution is -2.47. The lowest BCUT2D eigenvalue weighted by Gasteiger charge is -2.30. The van der Waals surface area contributed by atoms with Crippen LogP contribution in [0.5, 0.6) is 5.75 Å². The van der Waals surface area contributed by atoms with Crippen molar-refractivity contribution in [3.8, 4) is 5.75 Å². The molecule has 1 unspecified atom stereocenters. The second kappa shape index (κ2) is 9.99. The predicted octanol–water partition coefficient (Wildman–Crippen LogP) is 3.57. The van der Waals surface area contributed by atoms with Gasteiger partial charge >= 0.3 is 5.97 Å². The van der Waals surface area contributed by atoms with Crippen LogP contribution in [0.3, 0.4) is 0 Å². The molecular formula is C26H24N2O5. The number of amides is 2. The van der Waals surface area contributed by atoms with Gasteiger partial charge in [0, 0.05) is 6.42 Å². The molecule has 0 bridgehead atoms. The molecule has 1 aliphatic rings. The minimum absolute atomic E-state index is 0.138. The van der Waals surface area contributed by atoms with Crippen LogP contribution in [-0.2, 0) is 25.5 Å². The first kappa shape index (κ1) is 22.1.